The third kappa shape index (κ3) is 3.78. The van der Waals surface area contributed by atoms with Crippen molar-refractivity contribution in [2.45, 2.75) is 0 Å². The molecule has 0 unspecified atom stereocenters. The molecule has 1 aromatic heterocycles. The molecule has 0 aliphatic carbocycles. The van der Waals surface area contributed by atoms with Crippen molar-refractivity contribution in [3.63, 3.8) is 0 Å². The molecule has 0 atom stereocenters. The van der Waals surface area contributed by atoms with Gasteiger partial charge in [0, 0.05) is 10.9 Å². The smallest absolute Gasteiger partial charge is 0.171 e. The maximum absolute atomic E-state index is 5.72. The van der Waals surface area contributed by atoms with Gasteiger partial charge in [0.15, 0.2) is 12.4 Å². The van der Waals surface area contributed by atoms with Gasteiger partial charge in [-0.1, -0.05) is 23.4 Å². The molecule has 2 rings (SSSR count). The number of amidine groups is 1. The number of benzene rings is 1. The van der Waals surface area contributed by atoms with Gasteiger partial charge >= 0.3 is 0 Å². The fourth-order valence-electron chi connectivity index (χ4n) is 1.29. The number of hydrogen-bond donors (Lipinski definition) is 1. The second-order valence-corrected chi connectivity index (χ2v) is 4.26. The lowest BCUT2D eigenvalue weighted by atomic mass is 10.3. The molecular weight excluding hydrogens is 248 g/mol. The first-order valence-corrected chi connectivity index (χ1v) is 6.46. The summed E-state index contributed by atoms with van der Waals surface area (Å²) in [5, 5.41) is 7.68. The predicted octanol–water partition coefficient (Wildman–Crippen LogP) is 2.46. The first kappa shape index (κ1) is 12.4. The van der Waals surface area contributed by atoms with E-state index in [0.717, 1.165) is 11.3 Å². The zero-order valence-electron chi connectivity index (χ0n) is 9.78. The predicted molar refractivity (Wildman–Crippen MR) is 72.9 cm³/mol. The number of thiophene rings is 1. The summed E-state index contributed by atoms with van der Waals surface area (Å²) in [4.78, 5) is 5.08. The number of rotatable bonds is 6. The Morgan fingerprint density at radius 1 is 1.17 bits per heavy atom. The average Bonchev–Trinajstić information content (AvgIpc) is 2.93. The summed E-state index contributed by atoms with van der Waals surface area (Å²) in [6.45, 7) is 0.796. The van der Waals surface area contributed by atoms with Crippen LogP contribution in [0, 0.1) is 0 Å². The van der Waals surface area contributed by atoms with Gasteiger partial charge < -0.3 is 15.3 Å². The third-order valence-electron chi connectivity index (χ3n) is 2.17. The van der Waals surface area contributed by atoms with Gasteiger partial charge in [0.2, 0.25) is 0 Å². The summed E-state index contributed by atoms with van der Waals surface area (Å²) in [7, 11) is 0. The highest BCUT2D eigenvalue weighted by Gasteiger charge is 1.98. The molecule has 1 aromatic carbocycles. The lowest BCUT2D eigenvalue weighted by Crippen LogP contribution is -2.14. The molecule has 0 saturated carbocycles. The highest BCUT2D eigenvalue weighted by atomic mass is 32.1. The van der Waals surface area contributed by atoms with Gasteiger partial charge in [0.25, 0.3) is 0 Å². The summed E-state index contributed by atoms with van der Waals surface area (Å²) in [6, 6.07) is 11.5. The Morgan fingerprint density at radius 3 is 2.72 bits per heavy atom. The molecule has 0 aliphatic heterocycles. The van der Waals surface area contributed by atoms with E-state index >= 15 is 0 Å². The summed E-state index contributed by atoms with van der Waals surface area (Å²) in [5.74, 6) is 1.20. The van der Waals surface area contributed by atoms with Crippen LogP contribution in [-0.4, -0.2) is 19.0 Å². The van der Waals surface area contributed by atoms with Gasteiger partial charge in [-0.3, -0.25) is 0 Å². The highest BCUT2D eigenvalue weighted by molar-refractivity contribution is 7.08. The molecule has 2 N–H and O–H groups in total. The van der Waals surface area contributed by atoms with E-state index in [0.29, 0.717) is 19.0 Å². The van der Waals surface area contributed by atoms with Crippen LogP contribution < -0.4 is 10.5 Å². The Morgan fingerprint density at radius 2 is 2.00 bits per heavy atom. The van der Waals surface area contributed by atoms with E-state index in [4.69, 9.17) is 15.3 Å². The van der Waals surface area contributed by atoms with Gasteiger partial charge in [-0.25, -0.2) is 0 Å². The van der Waals surface area contributed by atoms with Crippen LogP contribution in [0.2, 0.25) is 0 Å². The summed E-state index contributed by atoms with van der Waals surface area (Å²) in [6.07, 6.45) is 0. The quantitative estimate of drug-likeness (QED) is 0.376. The van der Waals surface area contributed by atoms with E-state index in [1.54, 1.807) is 11.3 Å². The SMILES string of the molecule is NC(=NOCCOc1ccccc1)c1ccsc1. The molecule has 0 aliphatic rings. The lowest BCUT2D eigenvalue weighted by Gasteiger charge is -2.04. The van der Waals surface area contributed by atoms with Crippen LogP contribution >= 0.6 is 11.3 Å². The van der Waals surface area contributed by atoms with Gasteiger partial charge in [-0.2, -0.15) is 11.3 Å². The average molecular weight is 262 g/mol. The van der Waals surface area contributed by atoms with Gasteiger partial charge in [-0.05, 0) is 23.6 Å². The molecule has 0 spiro atoms. The zero-order valence-corrected chi connectivity index (χ0v) is 10.6. The van der Waals surface area contributed by atoms with Crippen molar-refractivity contribution in [1.29, 1.82) is 0 Å². The topological polar surface area (TPSA) is 56.8 Å². The minimum Gasteiger partial charge on any atom is -0.490 e. The third-order valence-corrected chi connectivity index (χ3v) is 2.85. The fraction of sp³-hybridized carbons (Fsp3) is 0.154. The standard InChI is InChI=1S/C13H14N2O2S/c14-13(11-6-9-18-10-11)15-17-8-7-16-12-4-2-1-3-5-12/h1-6,9-10H,7-8H2,(H2,14,15). The number of oxime groups is 1. The molecule has 94 valence electrons. The summed E-state index contributed by atoms with van der Waals surface area (Å²) >= 11 is 1.57. The van der Waals surface area contributed by atoms with E-state index in [1.807, 2.05) is 47.2 Å². The molecular formula is C13H14N2O2S. The summed E-state index contributed by atoms with van der Waals surface area (Å²) in [5.41, 5.74) is 6.60. The van der Waals surface area contributed by atoms with Crippen molar-refractivity contribution in [2.24, 2.45) is 10.9 Å². The maximum Gasteiger partial charge on any atom is 0.171 e. The van der Waals surface area contributed by atoms with Crippen molar-refractivity contribution in [1.82, 2.24) is 0 Å². The zero-order chi connectivity index (χ0) is 12.6. The van der Waals surface area contributed by atoms with E-state index in [9.17, 15) is 0 Å². The largest absolute Gasteiger partial charge is 0.490 e. The van der Waals surface area contributed by atoms with Crippen LogP contribution in [0.15, 0.2) is 52.3 Å². The Balaban J connectivity index is 1.69. The number of nitrogens with two attached hydrogens (primary N) is 1. The fourth-order valence-corrected chi connectivity index (χ4v) is 1.94. The molecule has 5 heteroatoms. The first-order chi connectivity index (χ1) is 8.86. The first-order valence-electron chi connectivity index (χ1n) is 5.52. The monoisotopic (exact) mass is 262 g/mol. The molecule has 0 amide bonds. The van der Waals surface area contributed by atoms with Crippen molar-refractivity contribution in [2.75, 3.05) is 13.2 Å². The minimum atomic E-state index is 0.361. The molecule has 18 heavy (non-hydrogen) atoms. The molecule has 0 bridgehead atoms. The molecule has 4 nitrogen and oxygen atoms in total. The Bertz CT molecular complexity index is 483. The number of nitrogens with zero attached hydrogens (tertiary/aromatic N) is 1. The van der Waals surface area contributed by atoms with Crippen LogP contribution in [-0.2, 0) is 4.84 Å². The Labute approximate surface area is 110 Å². The Kier molecular flexibility index (Phi) is 4.60. The van der Waals surface area contributed by atoms with Gasteiger partial charge in [0.1, 0.15) is 12.4 Å². The number of para-hydroxylation sites is 1. The maximum atomic E-state index is 5.72. The highest BCUT2D eigenvalue weighted by Crippen LogP contribution is 2.08. The van der Waals surface area contributed by atoms with Crippen molar-refractivity contribution in [3.05, 3.63) is 52.7 Å². The number of hydrogen-bond acceptors (Lipinski definition) is 4. The van der Waals surface area contributed by atoms with E-state index < -0.39 is 0 Å². The van der Waals surface area contributed by atoms with Crippen LogP contribution in [0.25, 0.3) is 0 Å². The van der Waals surface area contributed by atoms with E-state index in [1.165, 1.54) is 0 Å². The van der Waals surface area contributed by atoms with Crippen LogP contribution in [0.1, 0.15) is 5.56 Å². The molecule has 1 heterocycles. The second-order valence-electron chi connectivity index (χ2n) is 3.48. The normalized spacial score (nSPS) is 11.2. The van der Waals surface area contributed by atoms with E-state index in [2.05, 4.69) is 5.16 Å². The van der Waals surface area contributed by atoms with Gasteiger partial charge in [-0.15, -0.1) is 0 Å². The van der Waals surface area contributed by atoms with Crippen molar-refractivity contribution in [3.8, 4) is 5.75 Å². The van der Waals surface area contributed by atoms with Crippen molar-refractivity contribution < 1.29 is 9.57 Å². The van der Waals surface area contributed by atoms with Crippen LogP contribution in [0.5, 0.6) is 5.75 Å². The number of ether oxygens (including phenoxy) is 1. The van der Waals surface area contributed by atoms with Gasteiger partial charge in [0.05, 0.1) is 0 Å². The molecule has 0 saturated heterocycles. The lowest BCUT2D eigenvalue weighted by molar-refractivity contribution is 0.107. The Hall–Kier alpha value is -2.01. The molecule has 2 aromatic rings. The van der Waals surface area contributed by atoms with Crippen molar-refractivity contribution >= 4 is 17.2 Å². The van der Waals surface area contributed by atoms with Crippen LogP contribution in [0.3, 0.4) is 0 Å². The molecule has 0 radical (unpaired) electrons. The molecule has 0 fully saturated rings. The van der Waals surface area contributed by atoms with Crippen LogP contribution in [0.4, 0.5) is 0 Å². The minimum absolute atomic E-state index is 0.361. The van der Waals surface area contributed by atoms with E-state index in [-0.39, 0.29) is 0 Å². The summed E-state index contributed by atoms with van der Waals surface area (Å²) < 4.78 is 5.45. The second kappa shape index (κ2) is 6.66.